The molecule has 200 valence electrons. The number of carboxylic acid groups (broad SMARTS) is 2. The molecule has 0 amide bonds. The molecule has 0 aromatic heterocycles. The number of ether oxygens (including phenoxy) is 4. The molecule has 4 N–H and O–H groups in total. The number of aliphatic hydroxyl groups is 2. The molecule has 0 aliphatic heterocycles. The van der Waals surface area contributed by atoms with Crippen LogP contribution in [0.25, 0.3) is 0 Å². The minimum atomic E-state index is -2.38. The van der Waals surface area contributed by atoms with Crippen molar-refractivity contribution >= 4 is 35.8 Å². The van der Waals surface area contributed by atoms with Gasteiger partial charge in [-0.2, -0.15) is 0 Å². The van der Waals surface area contributed by atoms with Crippen molar-refractivity contribution in [3.63, 3.8) is 0 Å². The van der Waals surface area contributed by atoms with E-state index in [9.17, 15) is 39.0 Å². The van der Waals surface area contributed by atoms with Gasteiger partial charge in [-0.05, 0) is 27.7 Å². The molecule has 0 saturated heterocycles. The Labute approximate surface area is 221 Å². The van der Waals surface area contributed by atoms with Gasteiger partial charge in [-0.3, -0.25) is 19.2 Å². The summed E-state index contributed by atoms with van der Waals surface area (Å²) in [4.78, 5) is 66.2. The Morgan fingerprint density at radius 3 is 1.00 bits per heavy atom. The van der Waals surface area contributed by atoms with Gasteiger partial charge in [0.25, 0.3) is 0 Å². The zero-order chi connectivity index (χ0) is 26.9. The maximum atomic E-state index is 11.4. The maximum Gasteiger partial charge on any atom is 0.339 e. The summed E-state index contributed by atoms with van der Waals surface area (Å²) in [7, 11) is 0. The third-order valence-electron chi connectivity index (χ3n) is 3.68. The molecule has 0 heterocycles. The zero-order valence-corrected chi connectivity index (χ0v) is 22.5. The van der Waals surface area contributed by atoms with Crippen molar-refractivity contribution in [2.75, 3.05) is 26.4 Å². The fraction of sp³-hybridized carbons (Fsp3) is 0.700. The number of carboxylic acids is 2. The molecule has 0 fully saturated rings. The average molecular weight is 588 g/mol. The van der Waals surface area contributed by atoms with Crippen LogP contribution in [0.3, 0.4) is 0 Å². The first-order valence-corrected chi connectivity index (χ1v) is 10.2. The van der Waals surface area contributed by atoms with Crippen molar-refractivity contribution in [3.05, 3.63) is 0 Å². The summed E-state index contributed by atoms with van der Waals surface area (Å²) in [5.74, 6) is -6.82. The van der Waals surface area contributed by atoms with E-state index in [1.807, 2.05) is 0 Å². The second kappa shape index (κ2) is 18.9. The van der Waals surface area contributed by atoms with E-state index in [1.165, 1.54) is 13.8 Å². The Bertz CT molecular complexity index is 665. The molecule has 14 nitrogen and oxygen atoms in total. The average Bonchev–Trinajstić information content (AvgIpc) is 2.67. The van der Waals surface area contributed by atoms with Crippen LogP contribution >= 0.6 is 0 Å². The Balaban J connectivity index is -0.000000569. The zero-order valence-electron chi connectivity index (χ0n) is 20.0. The van der Waals surface area contributed by atoms with Crippen LogP contribution in [-0.4, -0.2) is 93.9 Å². The molecule has 0 aromatic rings. The molecule has 0 aliphatic rings. The van der Waals surface area contributed by atoms with E-state index in [2.05, 4.69) is 18.9 Å². The van der Waals surface area contributed by atoms with Crippen molar-refractivity contribution in [2.24, 2.45) is 0 Å². The van der Waals surface area contributed by atoms with Gasteiger partial charge in [-0.15, -0.1) is 0 Å². The molecule has 15 heteroatoms. The van der Waals surface area contributed by atoms with Crippen LogP contribution in [0.1, 0.15) is 53.4 Å². The predicted molar refractivity (Wildman–Crippen MR) is 110 cm³/mol. The predicted octanol–water partition coefficient (Wildman–Crippen LogP) is -0.585. The summed E-state index contributed by atoms with van der Waals surface area (Å²) in [6.45, 7) is 6.22. The molecule has 0 saturated carbocycles. The molecule has 2 unspecified atom stereocenters. The molecule has 0 aromatic carbocycles. The molecule has 0 radical (unpaired) electrons. The van der Waals surface area contributed by atoms with E-state index in [-0.39, 0.29) is 52.6 Å². The third kappa shape index (κ3) is 16.0. The first-order chi connectivity index (χ1) is 15.7. The van der Waals surface area contributed by atoms with E-state index in [4.69, 9.17) is 10.2 Å². The minimum Gasteiger partial charge on any atom is -0.481 e. The Kier molecular flexibility index (Phi) is 20.1. The fourth-order valence-corrected chi connectivity index (χ4v) is 2.35. The van der Waals surface area contributed by atoms with Crippen LogP contribution in [0, 0.1) is 0 Å². The van der Waals surface area contributed by atoms with Crippen molar-refractivity contribution in [3.8, 4) is 0 Å². The molecule has 35 heavy (non-hydrogen) atoms. The van der Waals surface area contributed by atoms with Crippen molar-refractivity contribution in [1.82, 2.24) is 0 Å². The van der Waals surface area contributed by atoms with Gasteiger partial charge < -0.3 is 39.4 Å². The summed E-state index contributed by atoms with van der Waals surface area (Å²) in [5.41, 5.74) is -4.76. The Morgan fingerprint density at radius 2 is 0.800 bits per heavy atom. The first kappa shape index (κ1) is 37.2. The minimum absolute atomic E-state index is 0. The number of carbonyl (C=O) groups excluding carboxylic acids is 4. The number of hydrogen-bond acceptors (Lipinski definition) is 12. The monoisotopic (exact) mass is 586 g/mol. The number of esters is 4. The van der Waals surface area contributed by atoms with Crippen molar-refractivity contribution < 1.29 is 94.3 Å². The summed E-state index contributed by atoms with van der Waals surface area (Å²) in [6.07, 6.45) is -3.31. The summed E-state index contributed by atoms with van der Waals surface area (Å²) < 4.78 is 18.1. The molecule has 0 spiro atoms. The van der Waals surface area contributed by atoms with Crippen molar-refractivity contribution in [1.29, 1.82) is 0 Å². The van der Waals surface area contributed by atoms with Crippen molar-refractivity contribution in [2.45, 2.75) is 64.6 Å². The van der Waals surface area contributed by atoms with Crippen LogP contribution in [-0.2, 0) is 73.9 Å². The fourth-order valence-electron chi connectivity index (χ4n) is 2.35. The first-order valence-electron chi connectivity index (χ1n) is 10.2. The van der Waals surface area contributed by atoms with Gasteiger partial charge in [0.05, 0.1) is 52.1 Å². The molecule has 0 bridgehead atoms. The van der Waals surface area contributed by atoms with Gasteiger partial charge in [0.1, 0.15) is 0 Å². The van der Waals surface area contributed by atoms with Gasteiger partial charge in [0.2, 0.25) is 0 Å². The second-order valence-corrected chi connectivity index (χ2v) is 6.61. The van der Waals surface area contributed by atoms with Gasteiger partial charge in [-0.25, -0.2) is 9.59 Å². The SMILES string of the molecule is CCOC(=O)CC(O)(CC(=O)O)C(=O)OCC.CCOC(=O)CC(O)(CC(=O)O)C(=O)OCC.[Zr]. The van der Waals surface area contributed by atoms with E-state index in [0.29, 0.717) is 0 Å². The number of carbonyl (C=O) groups is 6. The topological polar surface area (TPSA) is 220 Å². The normalized spacial score (nSPS) is 13.2. The Hall–Kier alpha value is -2.38. The molecular formula is C20H32O14Zr. The largest absolute Gasteiger partial charge is 0.481 e. The molecule has 0 rings (SSSR count). The van der Waals surface area contributed by atoms with Crippen LogP contribution in [0.5, 0.6) is 0 Å². The number of rotatable bonds is 14. The quantitative estimate of drug-likeness (QED) is 0.147. The smallest absolute Gasteiger partial charge is 0.339 e. The van der Waals surface area contributed by atoms with Crippen LogP contribution in [0.4, 0.5) is 0 Å². The standard InChI is InChI=1S/2C10H16O7.Zr/c2*1-3-16-8(13)6-10(15,5-7(11)12)9(14)17-4-2;/h2*15H,3-6H2,1-2H3,(H,11,12);. The molecule has 0 aliphatic carbocycles. The van der Waals surface area contributed by atoms with Crippen LogP contribution in [0.15, 0.2) is 0 Å². The Morgan fingerprint density at radius 1 is 0.543 bits per heavy atom. The van der Waals surface area contributed by atoms with Gasteiger partial charge in [-0.1, -0.05) is 0 Å². The summed E-state index contributed by atoms with van der Waals surface area (Å²) in [5, 5.41) is 36.8. The number of hydrogen-bond donors (Lipinski definition) is 4. The van der Waals surface area contributed by atoms with E-state index < -0.39 is 72.7 Å². The van der Waals surface area contributed by atoms with Gasteiger partial charge >= 0.3 is 35.8 Å². The summed E-state index contributed by atoms with van der Waals surface area (Å²) >= 11 is 0. The number of aliphatic carboxylic acids is 2. The van der Waals surface area contributed by atoms with Crippen LogP contribution in [0.2, 0.25) is 0 Å². The maximum absolute atomic E-state index is 11.4. The van der Waals surface area contributed by atoms with Gasteiger partial charge in [0, 0.05) is 26.2 Å². The third-order valence-corrected chi connectivity index (χ3v) is 3.68. The second-order valence-electron chi connectivity index (χ2n) is 6.61. The van der Waals surface area contributed by atoms with Crippen LogP contribution < -0.4 is 0 Å². The molecule has 2 atom stereocenters. The van der Waals surface area contributed by atoms with E-state index in [1.54, 1.807) is 13.8 Å². The summed E-state index contributed by atoms with van der Waals surface area (Å²) in [6, 6.07) is 0. The van der Waals surface area contributed by atoms with E-state index in [0.717, 1.165) is 0 Å². The van der Waals surface area contributed by atoms with Gasteiger partial charge in [0.15, 0.2) is 11.2 Å². The van der Waals surface area contributed by atoms with E-state index >= 15 is 0 Å². The molecular weight excluding hydrogens is 555 g/mol.